The number of carbonyl (C=O) groups excluding carboxylic acids is 1. The average molecular weight is 369 g/mol. The summed E-state index contributed by atoms with van der Waals surface area (Å²) in [6, 6.07) is 16.4. The minimum Gasteiger partial charge on any atom is -0.356 e. The Bertz CT molecular complexity index is 849. The number of amides is 1. The van der Waals surface area contributed by atoms with Crippen LogP contribution in [0.25, 0.3) is 6.08 Å². The van der Waals surface area contributed by atoms with Crippen LogP contribution in [0.5, 0.6) is 0 Å². The molecule has 0 saturated carbocycles. The highest BCUT2D eigenvalue weighted by Gasteiger charge is 2.21. The fourth-order valence-electron chi connectivity index (χ4n) is 2.50. The summed E-state index contributed by atoms with van der Waals surface area (Å²) in [5, 5.41) is 6.04. The third-order valence-electron chi connectivity index (χ3n) is 3.87. The summed E-state index contributed by atoms with van der Waals surface area (Å²) >= 11 is 6.31. The van der Waals surface area contributed by atoms with Crippen LogP contribution in [0.4, 0.5) is 11.4 Å². The molecule has 1 amide bonds. The molecule has 0 unspecified atom stereocenters. The van der Waals surface area contributed by atoms with E-state index in [1.165, 1.54) is 17.3 Å². The number of hydrogen-bond donors (Lipinski definition) is 2. The summed E-state index contributed by atoms with van der Waals surface area (Å²) < 4.78 is 0.504. The van der Waals surface area contributed by atoms with Crippen molar-refractivity contribution in [1.29, 1.82) is 0 Å². The zero-order valence-corrected chi connectivity index (χ0v) is 16.1. The van der Waals surface area contributed by atoms with Crippen LogP contribution >= 0.6 is 24.0 Å². The number of thiocarbonyl (C=S) groups is 1. The van der Waals surface area contributed by atoms with Gasteiger partial charge in [0.15, 0.2) is 0 Å². The highest BCUT2D eigenvalue weighted by atomic mass is 32.2. The summed E-state index contributed by atoms with van der Waals surface area (Å²) in [6.45, 7) is 6.61. The lowest BCUT2D eigenvalue weighted by atomic mass is 9.87. The zero-order valence-electron chi connectivity index (χ0n) is 14.4. The largest absolute Gasteiger partial charge is 0.356 e. The predicted molar refractivity (Wildman–Crippen MR) is 111 cm³/mol. The second-order valence-corrected chi connectivity index (χ2v) is 8.65. The van der Waals surface area contributed by atoms with Crippen molar-refractivity contribution < 1.29 is 4.79 Å². The van der Waals surface area contributed by atoms with Gasteiger partial charge in [-0.25, -0.2) is 0 Å². The van der Waals surface area contributed by atoms with Gasteiger partial charge >= 0.3 is 0 Å². The van der Waals surface area contributed by atoms with Crippen molar-refractivity contribution in [2.75, 3.05) is 5.32 Å². The van der Waals surface area contributed by atoms with E-state index in [9.17, 15) is 4.79 Å². The van der Waals surface area contributed by atoms with E-state index in [0.717, 1.165) is 16.9 Å². The summed E-state index contributed by atoms with van der Waals surface area (Å²) in [6.07, 6.45) is 1.85. The Morgan fingerprint density at radius 1 is 1.08 bits per heavy atom. The molecule has 1 fully saturated rings. The second kappa shape index (κ2) is 7.02. The van der Waals surface area contributed by atoms with Crippen molar-refractivity contribution in [2.24, 2.45) is 0 Å². The maximum Gasteiger partial charge on any atom is 0.263 e. The Balaban J connectivity index is 1.77. The van der Waals surface area contributed by atoms with Gasteiger partial charge in [-0.15, -0.1) is 0 Å². The van der Waals surface area contributed by atoms with E-state index < -0.39 is 0 Å². The molecule has 0 atom stereocenters. The van der Waals surface area contributed by atoms with Gasteiger partial charge in [0, 0.05) is 11.4 Å². The first-order valence-corrected chi connectivity index (χ1v) is 9.26. The molecule has 0 radical (unpaired) electrons. The summed E-state index contributed by atoms with van der Waals surface area (Å²) in [5.41, 5.74) is 4.41. The maximum absolute atomic E-state index is 11.8. The molecule has 3 rings (SSSR count). The number of benzene rings is 2. The fraction of sp³-hybridized carbons (Fsp3) is 0.200. The Labute approximate surface area is 157 Å². The van der Waals surface area contributed by atoms with Gasteiger partial charge in [0.2, 0.25) is 0 Å². The number of anilines is 2. The molecule has 2 aromatic rings. The van der Waals surface area contributed by atoms with Crippen LogP contribution in [0, 0.1) is 0 Å². The molecular weight excluding hydrogens is 348 g/mol. The molecule has 0 aromatic heterocycles. The van der Waals surface area contributed by atoms with Gasteiger partial charge in [0.25, 0.3) is 5.91 Å². The van der Waals surface area contributed by atoms with Crippen molar-refractivity contribution in [3.05, 3.63) is 64.6 Å². The summed E-state index contributed by atoms with van der Waals surface area (Å²) in [7, 11) is 0. The first-order valence-electron chi connectivity index (χ1n) is 8.04. The van der Waals surface area contributed by atoms with Crippen molar-refractivity contribution in [1.82, 2.24) is 5.32 Å². The van der Waals surface area contributed by atoms with Gasteiger partial charge in [-0.1, -0.05) is 69.0 Å². The van der Waals surface area contributed by atoms with Crippen molar-refractivity contribution in [3.63, 3.8) is 0 Å². The molecule has 1 aliphatic heterocycles. The number of thioether (sulfide) groups is 1. The van der Waals surface area contributed by atoms with Gasteiger partial charge in [0.05, 0.1) is 4.91 Å². The van der Waals surface area contributed by atoms with E-state index in [0.29, 0.717) is 9.23 Å². The molecule has 0 aliphatic carbocycles. The quantitative estimate of drug-likeness (QED) is 0.576. The molecule has 5 heteroatoms. The number of carbonyl (C=O) groups is 1. The minimum absolute atomic E-state index is 0.133. The first-order chi connectivity index (χ1) is 11.8. The van der Waals surface area contributed by atoms with Crippen molar-refractivity contribution >= 4 is 51.7 Å². The maximum atomic E-state index is 11.8. The standard InChI is InChI=1S/C20H20N2OS2/c1-20(2,3)14-7-9-15(10-8-14)21-16-6-4-5-13(11-16)12-17-18(23)22-19(24)25-17/h4-12,21H,1-3H3,(H,22,23,24)/b17-12-. The fourth-order valence-corrected chi connectivity index (χ4v) is 3.54. The SMILES string of the molecule is CC(C)(C)c1ccc(Nc2cccc(/C=C3\SC(=S)NC3=O)c2)cc1. The van der Waals surface area contributed by atoms with E-state index in [2.05, 4.69) is 55.7 Å². The van der Waals surface area contributed by atoms with E-state index in [4.69, 9.17) is 12.2 Å². The van der Waals surface area contributed by atoms with Crippen LogP contribution in [0.3, 0.4) is 0 Å². The van der Waals surface area contributed by atoms with Crippen LogP contribution < -0.4 is 10.6 Å². The lowest BCUT2D eigenvalue weighted by Crippen LogP contribution is -2.17. The van der Waals surface area contributed by atoms with Gasteiger partial charge in [-0.05, 0) is 46.9 Å². The number of hydrogen-bond acceptors (Lipinski definition) is 4. The van der Waals surface area contributed by atoms with Gasteiger partial charge in [0.1, 0.15) is 4.32 Å². The predicted octanol–water partition coefficient (Wildman–Crippen LogP) is 5.22. The van der Waals surface area contributed by atoms with Gasteiger partial charge in [-0.2, -0.15) is 0 Å². The molecule has 2 N–H and O–H groups in total. The topological polar surface area (TPSA) is 41.1 Å². The number of rotatable bonds is 3. The molecule has 25 heavy (non-hydrogen) atoms. The minimum atomic E-state index is -0.133. The third kappa shape index (κ3) is 4.50. The van der Waals surface area contributed by atoms with Crippen LogP contribution in [-0.2, 0) is 10.2 Å². The lowest BCUT2D eigenvalue weighted by Gasteiger charge is -2.19. The van der Waals surface area contributed by atoms with E-state index in [-0.39, 0.29) is 11.3 Å². The second-order valence-electron chi connectivity index (χ2n) is 6.93. The Kier molecular flexibility index (Phi) is 4.97. The molecule has 1 saturated heterocycles. The molecular formula is C20H20N2OS2. The molecule has 128 valence electrons. The normalized spacial score (nSPS) is 16.2. The molecule has 1 heterocycles. The Morgan fingerprint density at radius 3 is 2.40 bits per heavy atom. The van der Waals surface area contributed by atoms with Crippen LogP contribution in [0.15, 0.2) is 53.4 Å². The third-order valence-corrected chi connectivity index (χ3v) is 5.03. The van der Waals surface area contributed by atoms with Crippen molar-refractivity contribution in [3.8, 4) is 0 Å². The molecule has 1 aliphatic rings. The zero-order chi connectivity index (χ0) is 18.0. The summed E-state index contributed by atoms with van der Waals surface area (Å²) in [5.74, 6) is -0.133. The monoisotopic (exact) mass is 368 g/mol. The van der Waals surface area contributed by atoms with E-state index in [1.54, 1.807) is 0 Å². The first kappa shape index (κ1) is 17.7. The number of nitrogens with one attached hydrogen (secondary N) is 2. The highest BCUT2D eigenvalue weighted by Crippen LogP contribution is 2.28. The van der Waals surface area contributed by atoms with E-state index >= 15 is 0 Å². The summed E-state index contributed by atoms with van der Waals surface area (Å²) in [4.78, 5) is 12.4. The van der Waals surface area contributed by atoms with Crippen molar-refractivity contribution in [2.45, 2.75) is 26.2 Å². The van der Waals surface area contributed by atoms with Crippen LogP contribution in [-0.4, -0.2) is 10.2 Å². The van der Waals surface area contributed by atoms with E-state index in [1.807, 2.05) is 30.3 Å². The highest BCUT2D eigenvalue weighted by molar-refractivity contribution is 8.26. The Hall–Kier alpha value is -2.11. The van der Waals surface area contributed by atoms with Gasteiger partial charge in [-0.3, -0.25) is 4.79 Å². The average Bonchev–Trinajstić information content (AvgIpc) is 2.85. The lowest BCUT2D eigenvalue weighted by molar-refractivity contribution is -0.115. The molecule has 0 bridgehead atoms. The smallest absolute Gasteiger partial charge is 0.263 e. The molecule has 3 nitrogen and oxygen atoms in total. The van der Waals surface area contributed by atoms with Crippen LogP contribution in [0.1, 0.15) is 31.9 Å². The molecule has 2 aromatic carbocycles. The van der Waals surface area contributed by atoms with Crippen LogP contribution in [0.2, 0.25) is 0 Å². The van der Waals surface area contributed by atoms with Gasteiger partial charge < -0.3 is 10.6 Å². The molecule has 0 spiro atoms. The Morgan fingerprint density at radius 2 is 1.80 bits per heavy atom.